The largest absolute Gasteiger partial charge is 0.459 e. The Morgan fingerprint density at radius 2 is 1.96 bits per heavy atom. The Labute approximate surface area is 162 Å². The molecule has 28 heavy (non-hydrogen) atoms. The van der Waals surface area contributed by atoms with Crippen molar-refractivity contribution in [1.29, 1.82) is 0 Å². The molecule has 0 aliphatic carbocycles. The minimum atomic E-state index is -3.76. The first kappa shape index (κ1) is 20.1. The van der Waals surface area contributed by atoms with Crippen molar-refractivity contribution in [2.45, 2.75) is 23.8 Å². The number of carbonyl (C=O) groups is 2. The predicted molar refractivity (Wildman–Crippen MR) is 99.8 cm³/mol. The molecule has 0 spiro atoms. The van der Waals surface area contributed by atoms with Crippen molar-refractivity contribution >= 4 is 27.5 Å². The normalized spacial score (nSPS) is 17.1. The van der Waals surface area contributed by atoms with Crippen LogP contribution in [0.2, 0.25) is 0 Å². The molecule has 0 unspecified atom stereocenters. The molecule has 2 aromatic rings. The average molecular weight is 407 g/mol. The van der Waals surface area contributed by atoms with Crippen molar-refractivity contribution in [3.8, 4) is 0 Å². The molecule has 9 nitrogen and oxygen atoms in total. The second kappa shape index (κ2) is 8.13. The van der Waals surface area contributed by atoms with Crippen LogP contribution in [-0.4, -0.2) is 56.3 Å². The first-order chi connectivity index (χ1) is 13.3. The number of carbonyl (C=O) groups excluding carboxylic acids is 2. The molecular formula is C18H21N3O6S. The first-order valence-corrected chi connectivity index (χ1v) is 10.1. The molecule has 0 bridgehead atoms. The Bertz CT molecular complexity index is 940. The van der Waals surface area contributed by atoms with E-state index in [0.29, 0.717) is 25.1 Å². The van der Waals surface area contributed by atoms with Crippen LogP contribution in [0.25, 0.3) is 0 Å². The second-order valence-corrected chi connectivity index (χ2v) is 8.18. The van der Waals surface area contributed by atoms with E-state index in [2.05, 4.69) is 5.32 Å². The van der Waals surface area contributed by atoms with Gasteiger partial charge in [-0.05, 0) is 49.2 Å². The topological polar surface area (TPSA) is 109 Å². The number of anilines is 1. The number of amides is 2. The summed E-state index contributed by atoms with van der Waals surface area (Å²) in [6.45, 7) is 0.470. The van der Waals surface area contributed by atoms with Gasteiger partial charge in [-0.3, -0.25) is 14.4 Å². The summed E-state index contributed by atoms with van der Waals surface area (Å²) < 4.78 is 30.3. The number of hydrogen-bond donors (Lipinski definition) is 1. The molecule has 1 aromatic heterocycles. The Morgan fingerprint density at radius 3 is 2.57 bits per heavy atom. The minimum Gasteiger partial charge on any atom is -0.459 e. The Hall–Kier alpha value is -2.69. The summed E-state index contributed by atoms with van der Waals surface area (Å²) in [5.41, 5.74) is 0.432. The summed E-state index contributed by atoms with van der Waals surface area (Å²) in [6.07, 6.45) is 2.67. The van der Waals surface area contributed by atoms with Crippen LogP contribution in [0.5, 0.6) is 0 Å². The predicted octanol–water partition coefficient (Wildman–Crippen LogP) is 1.70. The van der Waals surface area contributed by atoms with E-state index in [1.807, 2.05) is 0 Å². The van der Waals surface area contributed by atoms with E-state index in [9.17, 15) is 18.0 Å². The molecule has 10 heteroatoms. The summed E-state index contributed by atoms with van der Waals surface area (Å²) in [5, 5.41) is 2.73. The number of hydroxylamine groups is 1. The van der Waals surface area contributed by atoms with Crippen LogP contribution >= 0.6 is 0 Å². The highest BCUT2D eigenvalue weighted by Gasteiger charge is 2.35. The molecular weight excluding hydrogens is 386 g/mol. The lowest BCUT2D eigenvalue weighted by atomic mass is 10.2. The van der Waals surface area contributed by atoms with E-state index in [1.54, 1.807) is 12.1 Å². The van der Waals surface area contributed by atoms with Gasteiger partial charge < -0.3 is 14.6 Å². The molecule has 2 amide bonds. The zero-order valence-corrected chi connectivity index (χ0v) is 16.3. The van der Waals surface area contributed by atoms with E-state index < -0.39 is 16.1 Å². The van der Waals surface area contributed by atoms with Crippen molar-refractivity contribution in [3.05, 3.63) is 48.4 Å². The van der Waals surface area contributed by atoms with Crippen molar-refractivity contribution in [2.24, 2.45) is 0 Å². The molecule has 1 saturated heterocycles. The van der Waals surface area contributed by atoms with Gasteiger partial charge in [0.2, 0.25) is 5.91 Å². The number of sulfonamides is 1. The zero-order valence-electron chi connectivity index (χ0n) is 15.5. The maximum absolute atomic E-state index is 12.7. The fourth-order valence-electron chi connectivity index (χ4n) is 3.01. The van der Waals surface area contributed by atoms with Crippen LogP contribution < -0.4 is 5.32 Å². The third kappa shape index (κ3) is 3.93. The third-order valence-electron chi connectivity index (χ3n) is 4.56. The van der Waals surface area contributed by atoms with Crippen molar-refractivity contribution < 1.29 is 27.3 Å². The summed E-state index contributed by atoms with van der Waals surface area (Å²) in [6, 6.07) is 8.30. The maximum Gasteiger partial charge on any atom is 0.290 e. The number of nitrogens with one attached hydrogen (secondary N) is 1. The molecule has 1 N–H and O–H groups in total. The highest BCUT2D eigenvalue weighted by Crippen LogP contribution is 2.23. The molecule has 2 heterocycles. The van der Waals surface area contributed by atoms with Crippen LogP contribution in [0.4, 0.5) is 5.69 Å². The summed E-state index contributed by atoms with van der Waals surface area (Å²) >= 11 is 0. The fourth-order valence-corrected chi connectivity index (χ4v) is 3.98. The Morgan fingerprint density at radius 1 is 1.25 bits per heavy atom. The van der Waals surface area contributed by atoms with Crippen LogP contribution in [-0.2, 0) is 19.7 Å². The lowest BCUT2D eigenvalue weighted by Crippen LogP contribution is -2.43. The highest BCUT2D eigenvalue weighted by atomic mass is 32.2. The van der Waals surface area contributed by atoms with Gasteiger partial charge in [0.25, 0.3) is 15.9 Å². The van der Waals surface area contributed by atoms with Gasteiger partial charge in [0.05, 0.1) is 18.3 Å². The number of hydrogen-bond acceptors (Lipinski definition) is 6. The fraction of sp³-hybridized carbons (Fsp3) is 0.333. The molecule has 3 rings (SSSR count). The summed E-state index contributed by atoms with van der Waals surface area (Å²) in [4.78, 5) is 31.4. The number of likely N-dealkylation sites (tertiary alicyclic amines) is 1. The van der Waals surface area contributed by atoms with E-state index in [-0.39, 0.29) is 22.5 Å². The number of nitrogens with zero attached hydrogens (tertiary/aromatic N) is 2. The van der Waals surface area contributed by atoms with E-state index in [1.165, 1.54) is 49.6 Å². The maximum atomic E-state index is 12.7. The van der Waals surface area contributed by atoms with Crippen LogP contribution in [0.3, 0.4) is 0 Å². The van der Waals surface area contributed by atoms with Crippen LogP contribution in [0, 0.1) is 0 Å². The molecule has 1 aliphatic rings. The van der Waals surface area contributed by atoms with E-state index in [0.717, 1.165) is 4.47 Å². The van der Waals surface area contributed by atoms with E-state index in [4.69, 9.17) is 9.25 Å². The molecule has 0 saturated carbocycles. The SMILES string of the molecule is CON(C)S(=O)(=O)c1ccc(NC(=O)[C@@H]2CCCN2C(=O)c2ccco2)cc1. The van der Waals surface area contributed by atoms with Crippen LogP contribution in [0.15, 0.2) is 52.0 Å². The molecule has 1 aliphatic heterocycles. The standard InChI is InChI=1S/C18H21N3O6S/c1-20(26-2)28(24,25)14-9-7-13(8-10-14)19-17(22)15-5-3-11-21(15)18(23)16-6-4-12-27-16/h4,6-10,12,15H,3,5,11H2,1-2H3,(H,19,22)/t15-/m0/s1. The van der Waals surface area contributed by atoms with Gasteiger partial charge in [0, 0.05) is 19.3 Å². The van der Waals surface area contributed by atoms with Gasteiger partial charge in [-0.2, -0.15) is 0 Å². The number of benzene rings is 1. The monoisotopic (exact) mass is 407 g/mol. The highest BCUT2D eigenvalue weighted by molar-refractivity contribution is 7.89. The second-order valence-electron chi connectivity index (χ2n) is 6.24. The van der Waals surface area contributed by atoms with E-state index >= 15 is 0 Å². The number of furan rings is 1. The third-order valence-corrected chi connectivity index (χ3v) is 6.26. The summed E-state index contributed by atoms with van der Waals surface area (Å²) in [7, 11) is -1.22. The minimum absolute atomic E-state index is 0.0327. The molecule has 1 atom stereocenters. The van der Waals surface area contributed by atoms with Gasteiger partial charge in [0.1, 0.15) is 6.04 Å². The van der Waals surface area contributed by atoms with Crippen LogP contribution in [0.1, 0.15) is 23.4 Å². The Balaban J connectivity index is 1.70. The summed E-state index contributed by atoms with van der Waals surface area (Å²) in [5.74, 6) is -0.467. The van der Waals surface area contributed by atoms with Gasteiger partial charge in [-0.25, -0.2) is 8.42 Å². The quantitative estimate of drug-likeness (QED) is 0.730. The lowest BCUT2D eigenvalue weighted by molar-refractivity contribution is -0.119. The smallest absolute Gasteiger partial charge is 0.290 e. The first-order valence-electron chi connectivity index (χ1n) is 8.63. The Kier molecular flexibility index (Phi) is 5.82. The van der Waals surface area contributed by atoms with Gasteiger partial charge in [0.15, 0.2) is 5.76 Å². The van der Waals surface area contributed by atoms with Gasteiger partial charge >= 0.3 is 0 Å². The van der Waals surface area contributed by atoms with Crippen molar-refractivity contribution in [1.82, 2.24) is 9.37 Å². The molecule has 150 valence electrons. The lowest BCUT2D eigenvalue weighted by Gasteiger charge is -2.23. The zero-order chi connectivity index (χ0) is 20.3. The van der Waals surface area contributed by atoms with Crippen molar-refractivity contribution in [2.75, 3.05) is 26.0 Å². The van der Waals surface area contributed by atoms with Gasteiger partial charge in [-0.1, -0.05) is 4.47 Å². The van der Waals surface area contributed by atoms with Gasteiger partial charge in [-0.15, -0.1) is 0 Å². The van der Waals surface area contributed by atoms with Crippen molar-refractivity contribution in [3.63, 3.8) is 0 Å². The molecule has 1 aromatic carbocycles. The molecule has 1 fully saturated rings. The average Bonchev–Trinajstić information content (AvgIpc) is 3.39. The number of rotatable bonds is 6. The molecule has 0 radical (unpaired) electrons.